The Balaban J connectivity index is 1.93. The van der Waals surface area contributed by atoms with Crippen molar-refractivity contribution in [3.63, 3.8) is 0 Å². The van der Waals surface area contributed by atoms with E-state index in [-0.39, 0.29) is 11.5 Å². The molecule has 0 bridgehead atoms. The molecule has 1 saturated heterocycles. The van der Waals surface area contributed by atoms with Crippen molar-refractivity contribution < 1.29 is 4.74 Å². The van der Waals surface area contributed by atoms with Crippen LogP contribution in [0.25, 0.3) is 0 Å². The molecule has 2 rings (SSSR count). The van der Waals surface area contributed by atoms with Crippen LogP contribution >= 0.6 is 0 Å². The summed E-state index contributed by atoms with van der Waals surface area (Å²) in [5.74, 6) is 0.201. The van der Waals surface area contributed by atoms with E-state index in [2.05, 4.69) is 18.3 Å². The molecular formula is C13H22N2O. The van der Waals surface area contributed by atoms with Crippen LogP contribution in [0.15, 0.2) is 0 Å². The maximum Gasteiger partial charge on any atom is 0.0672 e. The van der Waals surface area contributed by atoms with E-state index in [4.69, 9.17) is 10.00 Å². The van der Waals surface area contributed by atoms with Gasteiger partial charge < -0.3 is 10.1 Å². The van der Waals surface area contributed by atoms with E-state index in [1.54, 1.807) is 0 Å². The summed E-state index contributed by atoms with van der Waals surface area (Å²) in [5.41, 5.74) is 0.0926. The van der Waals surface area contributed by atoms with Gasteiger partial charge >= 0.3 is 0 Å². The molecule has 0 aromatic heterocycles. The lowest BCUT2D eigenvalue weighted by atomic mass is 9.83. The molecule has 1 aliphatic heterocycles. The normalized spacial score (nSPS) is 40.2. The van der Waals surface area contributed by atoms with Gasteiger partial charge in [-0.2, -0.15) is 5.26 Å². The molecule has 0 aromatic carbocycles. The quantitative estimate of drug-likeness (QED) is 0.779. The third-order valence-corrected chi connectivity index (χ3v) is 3.90. The molecule has 3 nitrogen and oxygen atoms in total. The smallest absolute Gasteiger partial charge is 0.0672 e. The van der Waals surface area contributed by atoms with Crippen LogP contribution in [0, 0.1) is 17.2 Å². The van der Waals surface area contributed by atoms with Crippen molar-refractivity contribution in [2.75, 3.05) is 13.2 Å². The lowest BCUT2D eigenvalue weighted by Gasteiger charge is -2.40. The predicted octanol–water partition coefficient (Wildman–Crippen LogP) is 2.23. The summed E-state index contributed by atoms with van der Waals surface area (Å²) in [6.45, 7) is 3.92. The van der Waals surface area contributed by atoms with Gasteiger partial charge in [0.2, 0.25) is 0 Å². The summed E-state index contributed by atoms with van der Waals surface area (Å²) in [7, 11) is 0. The summed E-state index contributed by atoms with van der Waals surface area (Å²) in [6, 6.07) is 2.84. The van der Waals surface area contributed by atoms with Gasteiger partial charge in [-0.25, -0.2) is 0 Å². The van der Waals surface area contributed by atoms with E-state index < -0.39 is 0 Å². The zero-order chi connectivity index (χ0) is 11.4. The summed E-state index contributed by atoms with van der Waals surface area (Å²) in [6.07, 6.45) is 6.98. The number of hydrogen-bond donors (Lipinski definition) is 1. The van der Waals surface area contributed by atoms with E-state index in [1.807, 2.05) is 0 Å². The number of rotatable bonds is 2. The van der Waals surface area contributed by atoms with Crippen molar-refractivity contribution in [2.45, 2.75) is 57.0 Å². The van der Waals surface area contributed by atoms with Crippen LogP contribution in [0.1, 0.15) is 45.4 Å². The van der Waals surface area contributed by atoms with Gasteiger partial charge in [-0.3, -0.25) is 0 Å². The molecule has 0 amide bonds. The molecule has 0 radical (unpaired) electrons. The SMILES string of the molecule is CC1(NC2CCCCC2C#N)CCCOC1. The number of nitrogens with one attached hydrogen (secondary N) is 1. The molecule has 2 fully saturated rings. The second-order valence-electron chi connectivity index (χ2n) is 5.49. The van der Waals surface area contributed by atoms with Gasteiger partial charge in [0.15, 0.2) is 0 Å². The Morgan fingerprint density at radius 2 is 2.12 bits per heavy atom. The highest BCUT2D eigenvalue weighted by Crippen LogP contribution is 2.28. The van der Waals surface area contributed by atoms with E-state index in [1.165, 1.54) is 19.3 Å². The van der Waals surface area contributed by atoms with Crippen molar-refractivity contribution >= 4 is 0 Å². The zero-order valence-electron chi connectivity index (χ0n) is 10.2. The summed E-state index contributed by atoms with van der Waals surface area (Å²) < 4.78 is 5.55. The summed E-state index contributed by atoms with van der Waals surface area (Å²) >= 11 is 0. The standard InChI is InChI=1S/C13H22N2O/c1-13(7-4-8-16-10-13)15-12-6-3-2-5-11(12)9-14/h11-12,15H,2-8,10H2,1H3. The molecule has 1 N–H and O–H groups in total. The molecular weight excluding hydrogens is 200 g/mol. The van der Waals surface area contributed by atoms with Crippen molar-refractivity contribution in [1.82, 2.24) is 5.32 Å². The molecule has 3 atom stereocenters. The first-order valence-corrected chi connectivity index (χ1v) is 6.49. The number of hydrogen-bond acceptors (Lipinski definition) is 3. The maximum atomic E-state index is 9.15. The zero-order valence-corrected chi connectivity index (χ0v) is 10.2. The van der Waals surface area contributed by atoms with Crippen LogP contribution < -0.4 is 5.32 Å². The molecule has 1 saturated carbocycles. The molecule has 1 heterocycles. The minimum absolute atomic E-state index is 0.0926. The number of nitrogens with zero attached hydrogens (tertiary/aromatic N) is 1. The van der Waals surface area contributed by atoms with E-state index in [0.29, 0.717) is 6.04 Å². The van der Waals surface area contributed by atoms with Gasteiger partial charge in [0, 0.05) is 18.2 Å². The number of nitriles is 1. The first-order valence-electron chi connectivity index (χ1n) is 6.49. The first kappa shape index (κ1) is 11.9. The number of ether oxygens (including phenoxy) is 1. The minimum Gasteiger partial charge on any atom is -0.380 e. The maximum absolute atomic E-state index is 9.15. The topological polar surface area (TPSA) is 45.0 Å². The minimum atomic E-state index is 0.0926. The van der Waals surface area contributed by atoms with Gasteiger partial charge in [-0.15, -0.1) is 0 Å². The van der Waals surface area contributed by atoms with Crippen molar-refractivity contribution in [2.24, 2.45) is 5.92 Å². The largest absolute Gasteiger partial charge is 0.380 e. The molecule has 16 heavy (non-hydrogen) atoms. The van der Waals surface area contributed by atoms with Gasteiger partial charge in [0.25, 0.3) is 0 Å². The van der Waals surface area contributed by atoms with Crippen molar-refractivity contribution in [3.05, 3.63) is 0 Å². The Bertz CT molecular complexity index is 266. The lowest BCUT2D eigenvalue weighted by Crippen LogP contribution is -2.55. The monoisotopic (exact) mass is 222 g/mol. The second-order valence-corrected chi connectivity index (χ2v) is 5.49. The molecule has 0 spiro atoms. The van der Waals surface area contributed by atoms with Crippen molar-refractivity contribution in [3.8, 4) is 6.07 Å². The van der Waals surface area contributed by atoms with Crippen LogP contribution in [0.3, 0.4) is 0 Å². The summed E-state index contributed by atoms with van der Waals surface area (Å²) in [4.78, 5) is 0. The summed E-state index contributed by atoms with van der Waals surface area (Å²) in [5, 5.41) is 12.8. The Morgan fingerprint density at radius 1 is 1.31 bits per heavy atom. The Kier molecular flexibility index (Phi) is 3.83. The molecule has 0 aromatic rings. The first-order chi connectivity index (χ1) is 7.73. The van der Waals surface area contributed by atoms with E-state index >= 15 is 0 Å². The van der Waals surface area contributed by atoms with Crippen LogP contribution in [-0.2, 0) is 4.74 Å². The van der Waals surface area contributed by atoms with Crippen LogP contribution in [0.5, 0.6) is 0 Å². The highest BCUT2D eigenvalue weighted by atomic mass is 16.5. The highest BCUT2D eigenvalue weighted by Gasteiger charge is 2.34. The second kappa shape index (κ2) is 5.16. The van der Waals surface area contributed by atoms with Gasteiger partial charge in [0.1, 0.15) is 0 Å². The molecule has 3 unspecified atom stereocenters. The fraction of sp³-hybridized carbons (Fsp3) is 0.923. The Morgan fingerprint density at radius 3 is 2.81 bits per heavy atom. The van der Waals surface area contributed by atoms with Gasteiger partial charge in [-0.1, -0.05) is 12.8 Å². The Hall–Kier alpha value is -0.590. The van der Waals surface area contributed by atoms with E-state index in [0.717, 1.165) is 32.5 Å². The molecule has 1 aliphatic carbocycles. The lowest BCUT2D eigenvalue weighted by molar-refractivity contribution is 0.0182. The third kappa shape index (κ3) is 2.75. The van der Waals surface area contributed by atoms with Crippen LogP contribution in [0.2, 0.25) is 0 Å². The Labute approximate surface area is 98.2 Å². The van der Waals surface area contributed by atoms with Crippen LogP contribution in [0.4, 0.5) is 0 Å². The van der Waals surface area contributed by atoms with Crippen molar-refractivity contribution in [1.29, 1.82) is 5.26 Å². The average molecular weight is 222 g/mol. The fourth-order valence-corrected chi connectivity index (χ4v) is 2.95. The van der Waals surface area contributed by atoms with E-state index in [9.17, 15) is 0 Å². The van der Waals surface area contributed by atoms with Gasteiger partial charge in [-0.05, 0) is 32.6 Å². The van der Waals surface area contributed by atoms with Gasteiger partial charge in [0.05, 0.1) is 18.6 Å². The molecule has 3 heteroatoms. The molecule has 90 valence electrons. The third-order valence-electron chi connectivity index (χ3n) is 3.90. The molecule has 2 aliphatic rings. The average Bonchev–Trinajstić information content (AvgIpc) is 2.30. The van der Waals surface area contributed by atoms with Crippen LogP contribution in [-0.4, -0.2) is 24.8 Å². The predicted molar refractivity (Wildman–Crippen MR) is 63.0 cm³/mol. The highest BCUT2D eigenvalue weighted by molar-refractivity contribution is 4.99. The fourth-order valence-electron chi connectivity index (χ4n) is 2.95.